The first-order valence-electron chi connectivity index (χ1n) is 7.85. The normalized spacial score (nSPS) is 15.6. The lowest BCUT2D eigenvalue weighted by Crippen LogP contribution is -2.27. The van der Waals surface area contributed by atoms with Gasteiger partial charge in [-0.1, -0.05) is 24.6 Å². The third kappa shape index (κ3) is 5.38. The van der Waals surface area contributed by atoms with Crippen LogP contribution >= 0.6 is 0 Å². The minimum absolute atomic E-state index is 0.0800. The number of carbonyl (C=O) groups is 1. The van der Waals surface area contributed by atoms with Crippen LogP contribution in [-0.2, 0) is 11.2 Å². The zero-order chi connectivity index (χ0) is 15.2. The van der Waals surface area contributed by atoms with Crippen LogP contribution in [0.2, 0.25) is 0 Å². The number of amides is 1. The fraction of sp³-hybridized carbons (Fsp3) is 0.588. The minimum Gasteiger partial charge on any atom is -0.493 e. The molecule has 1 aromatic rings. The van der Waals surface area contributed by atoms with Crippen LogP contribution in [0.5, 0.6) is 5.75 Å². The Hall–Kier alpha value is -1.55. The van der Waals surface area contributed by atoms with Gasteiger partial charge in [0.05, 0.1) is 13.0 Å². The molecule has 0 saturated heterocycles. The standard InChI is InChI=1S/C17H26N2O2/c1-3-14(18)11-13-10-12(2)4-7-16(13)21-9-8-17(20)19-15-5-6-15/h4,7,10,14-15H,3,5-6,8-9,11,18H2,1-2H3,(H,19,20). The molecule has 1 aromatic carbocycles. The quantitative estimate of drug-likeness (QED) is 0.772. The summed E-state index contributed by atoms with van der Waals surface area (Å²) in [6.45, 7) is 4.56. The molecule has 1 saturated carbocycles. The summed E-state index contributed by atoms with van der Waals surface area (Å²) in [7, 11) is 0. The topological polar surface area (TPSA) is 64.3 Å². The number of hydrogen-bond acceptors (Lipinski definition) is 3. The van der Waals surface area contributed by atoms with Crippen LogP contribution in [-0.4, -0.2) is 24.6 Å². The van der Waals surface area contributed by atoms with Crippen LogP contribution in [0.25, 0.3) is 0 Å². The Morgan fingerprint density at radius 1 is 1.48 bits per heavy atom. The van der Waals surface area contributed by atoms with Crippen molar-refractivity contribution in [3.8, 4) is 5.75 Å². The van der Waals surface area contributed by atoms with E-state index in [2.05, 4.69) is 25.2 Å². The zero-order valence-electron chi connectivity index (χ0n) is 13.0. The number of hydrogen-bond donors (Lipinski definition) is 2. The van der Waals surface area contributed by atoms with Crippen LogP contribution in [0.4, 0.5) is 0 Å². The average molecular weight is 290 g/mol. The van der Waals surface area contributed by atoms with Crippen molar-refractivity contribution in [3.63, 3.8) is 0 Å². The second-order valence-corrected chi connectivity index (χ2v) is 5.92. The third-order valence-corrected chi connectivity index (χ3v) is 3.75. The molecule has 1 fully saturated rings. The minimum atomic E-state index is 0.0800. The maximum Gasteiger partial charge on any atom is 0.223 e. The summed E-state index contributed by atoms with van der Waals surface area (Å²) in [4.78, 5) is 11.6. The van der Waals surface area contributed by atoms with Gasteiger partial charge in [-0.05, 0) is 44.2 Å². The first-order chi connectivity index (χ1) is 10.1. The van der Waals surface area contributed by atoms with Crippen molar-refractivity contribution in [1.82, 2.24) is 5.32 Å². The van der Waals surface area contributed by atoms with E-state index < -0.39 is 0 Å². The average Bonchev–Trinajstić information content (AvgIpc) is 3.25. The van der Waals surface area contributed by atoms with Gasteiger partial charge in [0.1, 0.15) is 5.75 Å². The lowest BCUT2D eigenvalue weighted by Gasteiger charge is -2.15. The summed E-state index contributed by atoms with van der Waals surface area (Å²) in [5.41, 5.74) is 8.38. The van der Waals surface area contributed by atoms with E-state index in [-0.39, 0.29) is 11.9 Å². The molecule has 0 heterocycles. The summed E-state index contributed by atoms with van der Waals surface area (Å²) in [5.74, 6) is 0.931. The van der Waals surface area contributed by atoms with Crippen LogP contribution in [0.15, 0.2) is 18.2 Å². The van der Waals surface area contributed by atoms with E-state index in [4.69, 9.17) is 10.5 Å². The molecule has 0 radical (unpaired) electrons. The first kappa shape index (κ1) is 15.8. The van der Waals surface area contributed by atoms with Crippen molar-refractivity contribution in [3.05, 3.63) is 29.3 Å². The van der Waals surface area contributed by atoms with Gasteiger partial charge < -0.3 is 15.8 Å². The van der Waals surface area contributed by atoms with E-state index >= 15 is 0 Å². The molecule has 0 aromatic heterocycles. The van der Waals surface area contributed by atoms with Gasteiger partial charge in [-0.3, -0.25) is 4.79 Å². The molecule has 1 atom stereocenters. The van der Waals surface area contributed by atoms with E-state index in [9.17, 15) is 4.79 Å². The summed E-state index contributed by atoms with van der Waals surface area (Å²) in [5, 5.41) is 2.97. The molecular formula is C17H26N2O2. The van der Waals surface area contributed by atoms with Gasteiger partial charge in [-0.2, -0.15) is 0 Å². The van der Waals surface area contributed by atoms with E-state index in [1.54, 1.807) is 0 Å². The molecule has 0 aliphatic heterocycles. The molecule has 1 unspecified atom stereocenters. The smallest absolute Gasteiger partial charge is 0.223 e. The summed E-state index contributed by atoms with van der Waals surface area (Å²) in [6.07, 6.45) is 4.38. The highest BCUT2D eigenvalue weighted by Gasteiger charge is 2.22. The monoisotopic (exact) mass is 290 g/mol. The van der Waals surface area contributed by atoms with E-state index in [1.165, 1.54) is 5.56 Å². The zero-order valence-corrected chi connectivity index (χ0v) is 13.0. The SMILES string of the molecule is CCC(N)Cc1cc(C)ccc1OCCC(=O)NC1CC1. The molecule has 21 heavy (non-hydrogen) atoms. The van der Waals surface area contributed by atoms with Crippen LogP contribution < -0.4 is 15.8 Å². The molecule has 0 spiro atoms. The molecule has 116 valence electrons. The number of nitrogens with one attached hydrogen (secondary N) is 1. The summed E-state index contributed by atoms with van der Waals surface area (Å²) < 4.78 is 5.79. The van der Waals surface area contributed by atoms with E-state index in [0.717, 1.165) is 37.0 Å². The fourth-order valence-corrected chi connectivity index (χ4v) is 2.22. The van der Waals surface area contributed by atoms with Crippen LogP contribution in [0, 0.1) is 6.92 Å². The Morgan fingerprint density at radius 2 is 2.24 bits per heavy atom. The van der Waals surface area contributed by atoms with Crippen LogP contribution in [0.1, 0.15) is 43.7 Å². The second kappa shape index (κ2) is 7.46. The molecule has 4 nitrogen and oxygen atoms in total. The van der Waals surface area contributed by atoms with E-state index in [1.807, 2.05) is 12.1 Å². The number of ether oxygens (including phenoxy) is 1. The lowest BCUT2D eigenvalue weighted by atomic mass is 10.0. The van der Waals surface area contributed by atoms with Crippen molar-refractivity contribution in [2.75, 3.05) is 6.61 Å². The number of carbonyl (C=O) groups excluding carboxylic acids is 1. The van der Waals surface area contributed by atoms with Gasteiger partial charge in [0.15, 0.2) is 0 Å². The molecule has 1 aliphatic carbocycles. The molecule has 2 rings (SSSR count). The predicted molar refractivity (Wildman–Crippen MR) is 84.4 cm³/mol. The number of nitrogens with two attached hydrogens (primary N) is 1. The van der Waals surface area contributed by atoms with Gasteiger partial charge >= 0.3 is 0 Å². The van der Waals surface area contributed by atoms with Crippen molar-refractivity contribution < 1.29 is 9.53 Å². The Labute approximate surface area is 127 Å². The lowest BCUT2D eigenvalue weighted by molar-refractivity contribution is -0.121. The summed E-state index contributed by atoms with van der Waals surface area (Å²) >= 11 is 0. The van der Waals surface area contributed by atoms with Crippen molar-refractivity contribution >= 4 is 5.91 Å². The maximum absolute atomic E-state index is 11.6. The Morgan fingerprint density at radius 3 is 2.90 bits per heavy atom. The molecular weight excluding hydrogens is 264 g/mol. The highest BCUT2D eigenvalue weighted by Crippen LogP contribution is 2.22. The molecule has 4 heteroatoms. The van der Waals surface area contributed by atoms with Gasteiger partial charge in [0, 0.05) is 12.1 Å². The van der Waals surface area contributed by atoms with Crippen molar-refractivity contribution in [1.29, 1.82) is 0 Å². The molecule has 3 N–H and O–H groups in total. The fourth-order valence-electron chi connectivity index (χ4n) is 2.22. The second-order valence-electron chi connectivity index (χ2n) is 5.92. The summed E-state index contributed by atoms with van der Waals surface area (Å²) in [6, 6.07) is 6.68. The van der Waals surface area contributed by atoms with Gasteiger partial charge in [-0.15, -0.1) is 0 Å². The maximum atomic E-state index is 11.6. The number of aryl methyl sites for hydroxylation is 1. The third-order valence-electron chi connectivity index (χ3n) is 3.75. The highest BCUT2D eigenvalue weighted by atomic mass is 16.5. The Bertz CT molecular complexity index is 484. The largest absolute Gasteiger partial charge is 0.493 e. The van der Waals surface area contributed by atoms with Crippen LogP contribution in [0.3, 0.4) is 0 Å². The predicted octanol–water partition coefficient (Wildman–Crippen LogP) is 2.32. The Balaban J connectivity index is 1.87. The van der Waals surface area contributed by atoms with Gasteiger partial charge in [0.2, 0.25) is 5.91 Å². The first-order valence-corrected chi connectivity index (χ1v) is 7.85. The van der Waals surface area contributed by atoms with Crippen molar-refractivity contribution in [2.24, 2.45) is 5.73 Å². The number of benzene rings is 1. The van der Waals surface area contributed by atoms with Gasteiger partial charge in [0.25, 0.3) is 0 Å². The van der Waals surface area contributed by atoms with Gasteiger partial charge in [-0.25, -0.2) is 0 Å². The van der Waals surface area contributed by atoms with E-state index in [0.29, 0.717) is 19.1 Å². The van der Waals surface area contributed by atoms with Crippen molar-refractivity contribution in [2.45, 2.75) is 58.0 Å². The number of rotatable bonds is 8. The Kier molecular flexibility index (Phi) is 5.62. The highest BCUT2D eigenvalue weighted by molar-refractivity contribution is 5.76. The molecule has 1 amide bonds. The molecule has 0 bridgehead atoms. The molecule has 1 aliphatic rings.